The topological polar surface area (TPSA) is 30.2 Å². The van der Waals surface area contributed by atoms with E-state index in [1.807, 2.05) is 18.3 Å². The summed E-state index contributed by atoms with van der Waals surface area (Å²) in [6.45, 7) is 0. The first-order valence-electron chi connectivity index (χ1n) is 3.36. The van der Waals surface area contributed by atoms with Crippen LogP contribution in [0.25, 0.3) is 5.52 Å². The van der Waals surface area contributed by atoms with E-state index >= 15 is 0 Å². The Kier molecular flexibility index (Phi) is 2.14. The number of pyridine rings is 1. The molecule has 62 valence electrons. The van der Waals surface area contributed by atoms with Crippen LogP contribution in [0.3, 0.4) is 0 Å². The van der Waals surface area contributed by atoms with Crippen LogP contribution in [-0.2, 0) is 5.33 Å². The molecule has 0 saturated carbocycles. The van der Waals surface area contributed by atoms with Crippen LogP contribution in [0.1, 0.15) is 5.69 Å². The highest BCUT2D eigenvalue weighted by atomic mass is 79.9. The number of hydrogen-bond donors (Lipinski definition) is 0. The lowest BCUT2D eigenvalue weighted by atomic mass is 10.3. The summed E-state index contributed by atoms with van der Waals surface area (Å²) in [4.78, 5) is 0. The van der Waals surface area contributed by atoms with E-state index in [2.05, 4.69) is 42.2 Å². The van der Waals surface area contributed by atoms with Crippen LogP contribution >= 0.6 is 31.9 Å². The molecule has 0 unspecified atom stereocenters. The molecule has 12 heavy (non-hydrogen) atoms. The van der Waals surface area contributed by atoms with Gasteiger partial charge in [0.05, 0.1) is 5.52 Å². The van der Waals surface area contributed by atoms with E-state index < -0.39 is 0 Å². The summed E-state index contributed by atoms with van der Waals surface area (Å²) >= 11 is 6.71. The molecule has 0 bridgehead atoms. The molecule has 0 N–H and O–H groups in total. The lowest BCUT2D eigenvalue weighted by molar-refractivity contribution is 0.846. The lowest BCUT2D eigenvalue weighted by Crippen LogP contribution is -1.85. The van der Waals surface area contributed by atoms with Gasteiger partial charge in [-0.15, -0.1) is 5.10 Å². The lowest BCUT2D eigenvalue weighted by Gasteiger charge is -1.92. The minimum Gasteiger partial charge on any atom is -0.219 e. The van der Waals surface area contributed by atoms with Crippen LogP contribution < -0.4 is 0 Å². The van der Waals surface area contributed by atoms with Crippen LogP contribution in [0, 0.1) is 0 Å². The summed E-state index contributed by atoms with van der Waals surface area (Å²) in [5.74, 6) is 0. The third-order valence-corrected chi connectivity index (χ3v) is 2.58. The van der Waals surface area contributed by atoms with Crippen molar-refractivity contribution in [1.82, 2.24) is 14.8 Å². The van der Waals surface area contributed by atoms with E-state index in [9.17, 15) is 0 Å². The van der Waals surface area contributed by atoms with Crippen LogP contribution in [0.4, 0.5) is 0 Å². The monoisotopic (exact) mass is 289 g/mol. The van der Waals surface area contributed by atoms with Gasteiger partial charge >= 0.3 is 0 Å². The summed E-state index contributed by atoms with van der Waals surface area (Å²) in [7, 11) is 0. The van der Waals surface area contributed by atoms with Gasteiger partial charge in [0.2, 0.25) is 0 Å². The summed E-state index contributed by atoms with van der Waals surface area (Å²) in [5, 5.41) is 8.69. The Morgan fingerprint density at radius 2 is 2.25 bits per heavy atom. The summed E-state index contributed by atoms with van der Waals surface area (Å²) in [6, 6.07) is 3.96. The molecule has 2 aromatic heterocycles. The highest BCUT2D eigenvalue weighted by molar-refractivity contribution is 9.10. The zero-order chi connectivity index (χ0) is 8.55. The molecule has 0 aliphatic carbocycles. The van der Waals surface area contributed by atoms with Gasteiger partial charge in [0.25, 0.3) is 0 Å². The van der Waals surface area contributed by atoms with E-state index in [0.717, 1.165) is 21.0 Å². The first kappa shape index (κ1) is 8.19. The number of aromatic nitrogens is 3. The SMILES string of the molecule is BrCc1nnn2cc(Br)ccc12. The van der Waals surface area contributed by atoms with Gasteiger partial charge in [0.1, 0.15) is 5.69 Å². The van der Waals surface area contributed by atoms with Gasteiger partial charge in [-0.3, -0.25) is 0 Å². The molecule has 0 aliphatic rings. The van der Waals surface area contributed by atoms with Crippen molar-refractivity contribution in [2.75, 3.05) is 0 Å². The van der Waals surface area contributed by atoms with Gasteiger partial charge < -0.3 is 0 Å². The van der Waals surface area contributed by atoms with Crippen molar-refractivity contribution in [2.45, 2.75) is 5.33 Å². The molecule has 2 heterocycles. The molecular weight excluding hydrogens is 286 g/mol. The maximum absolute atomic E-state index is 4.00. The maximum atomic E-state index is 4.00. The summed E-state index contributed by atoms with van der Waals surface area (Å²) < 4.78 is 2.75. The highest BCUT2D eigenvalue weighted by Gasteiger charge is 2.03. The number of alkyl halides is 1. The molecule has 2 aromatic rings. The Morgan fingerprint density at radius 3 is 3.00 bits per heavy atom. The molecule has 0 aliphatic heterocycles. The van der Waals surface area contributed by atoms with Crippen LogP contribution in [0.5, 0.6) is 0 Å². The number of nitrogens with zero attached hydrogens (tertiary/aromatic N) is 3. The van der Waals surface area contributed by atoms with Gasteiger partial charge in [-0.2, -0.15) is 0 Å². The molecule has 0 fully saturated rings. The predicted molar refractivity (Wildman–Crippen MR) is 53.3 cm³/mol. The average molecular weight is 291 g/mol. The smallest absolute Gasteiger partial charge is 0.101 e. The zero-order valence-electron chi connectivity index (χ0n) is 6.04. The molecule has 0 aromatic carbocycles. The standard InChI is InChI=1S/C7H5Br2N3/c8-3-6-7-2-1-5(9)4-12(7)11-10-6/h1-2,4H,3H2. The molecule has 3 nitrogen and oxygen atoms in total. The second-order valence-corrected chi connectivity index (χ2v) is 3.82. The number of hydrogen-bond acceptors (Lipinski definition) is 2. The predicted octanol–water partition coefficient (Wildman–Crippen LogP) is 2.39. The molecule has 5 heteroatoms. The van der Waals surface area contributed by atoms with Crippen molar-refractivity contribution in [2.24, 2.45) is 0 Å². The Bertz CT molecular complexity index is 410. The Balaban J connectivity index is 2.73. The van der Waals surface area contributed by atoms with Gasteiger partial charge in [-0.05, 0) is 28.1 Å². The Labute approximate surface area is 86.0 Å². The van der Waals surface area contributed by atoms with Crippen molar-refractivity contribution in [3.8, 4) is 0 Å². The van der Waals surface area contributed by atoms with Gasteiger partial charge in [0, 0.05) is 16.0 Å². The molecule has 2 rings (SSSR count). The number of halogens is 2. The minimum atomic E-state index is 0.734. The van der Waals surface area contributed by atoms with E-state index in [4.69, 9.17) is 0 Å². The number of rotatable bonds is 1. The molecule has 0 amide bonds. The maximum Gasteiger partial charge on any atom is 0.101 e. The van der Waals surface area contributed by atoms with Gasteiger partial charge in [0.15, 0.2) is 0 Å². The van der Waals surface area contributed by atoms with Crippen LogP contribution in [-0.4, -0.2) is 14.8 Å². The van der Waals surface area contributed by atoms with Gasteiger partial charge in [-0.1, -0.05) is 21.1 Å². The Morgan fingerprint density at radius 1 is 1.42 bits per heavy atom. The van der Waals surface area contributed by atoms with Crippen molar-refractivity contribution in [3.63, 3.8) is 0 Å². The second kappa shape index (κ2) is 3.14. The normalized spacial score (nSPS) is 10.8. The summed E-state index contributed by atoms with van der Waals surface area (Å²) in [6.07, 6.45) is 1.88. The molecule has 0 atom stereocenters. The van der Waals surface area contributed by atoms with Crippen molar-refractivity contribution >= 4 is 37.4 Å². The number of fused-ring (bicyclic) bond motifs is 1. The third kappa shape index (κ3) is 1.27. The fraction of sp³-hybridized carbons (Fsp3) is 0.143. The van der Waals surface area contributed by atoms with E-state index in [1.54, 1.807) is 4.52 Å². The van der Waals surface area contributed by atoms with Gasteiger partial charge in [-0.25, -0.2) is 4.52 Å². The van der Waals surface area contributed by atoms with Crippen molar-refractivity contribution < 1.29 is 0 Å². The van der Waals surface area contributed by atoms with E-state index in [1.165, 1.54) is 0 Å². The van der Waals surface area contributed by atoms with Crippen LogP contribution in [0.15, 0.2) is 22.8 Å². The van der Waals surface area contributed by atoms with Crippen molar-refractivity contribution in [3.05, 3.63) is 28.5 Å². The zero-order valence-corrected chi connectivity index (χ0v) is 9.21. The quantitative estimate of drug-likeness (QED) is 0.755. The average Bonchev–Trinajstić information content (AvgIpc) is 2.46. The minimum absolute atomic E-state index is 0.734. The van der Waals surface area contributed by atoms with Crippen LogP contribution in [0.2, 0.25) is 0 Å². The molecular formula is C7H5Br2N3. The Hall–Kier alpha value is -0.420. The molecule has 0 spiro atoms. The third-order valence-electron chi connectivity index (χ3n) is 1.58. The first-order chi connectivity index (χ1) is 5.81. The van der Waals surface area contributed by atoms with E-state index in [0.29, 0.717) is 0 Å². The van der Waals surface area contributed by atoms with E-state index in [-0.39, 0.29) is 0 Å². The molecule has 0 radical (unpaired) electrons. The first-order valence-corrected chi connectivity index (χ1v) is 5.28. The highest BCUT2D eigenvalue weighted by Crippen LogP contribution is 2.14. The molecule has 0 saturated heterocycles. The van der Waals surface area contributed by atoms with Crippen molar-refractivity contribution in [1.29, 1.82) is 0 Å². The second-order valence-electron chi connectivity index (χ2n) is 2.35. The largest absolute Gasteiger partial charge is 0.219 e. The summed E-state index contributed by atoms with van der Waals surface area (Å²) in [5.41, 5.74) is 2.00. The fourth-order valence-corrected chi connectivity index (χ4v) is 1.74. The fourth-order valence-electron chi connectivity index (χ4n) is 1.02.